The largest absolute Gasteiger partial charge is 0.468 e. The van der Waals surface area contributed by atoms with Gasteiger partial charge < -0.3 is 18.9 Å². The van der Waals surface area contributed by atoms with Gasteiger partial charge in [-0.25, -0.2) is 9.97 Å². The lowest BCUT2D eigenvalue weighted by molar-refractivity contribution is -0.252. The first-order valence-corrected chi connectivity index (χ1v) is 18.0. The van der Waals surface area contributed by atoms with E-state index in [0.29, 0.717) is 11.1 Å². The highest BCUT2D eigenvalue weighted by atomic mass is 19.4. The molecule has 0 aliphatic carbocycles. The zero-order valence-electron chi connectivity index (χ0n) is 32.6. The van der Waals surface area contributed by atoms with E-state index in [2.05, 4.69) is 68.4 Å². The van der Waals surface area contributed by atoms with Crippen molar-refractivity contribution in [1.82, 2.24) is 49.1 Å². The maximum atomic E-state index is 14.1. The minimum absolute atomic E-state index is 0.0750. The molecular weight excluding hydrogens is 826 g/mol. The molecule has 326 valence electrons. The monoisotopic (exact) mass is 864 g/mol. The molecule has 0 saturated carbocycles. The number of ether oxygens (including phenoxy) is 4. The summed E-state index contributed by atoms with van der Waals surface area (Å²) in [5.41, 5.74) is 1.35. The van der Waals surface area contributed by atoms with Crippen molar-refractivity contribution in [2.45, 2.75) is 78.6 Å². The van der Waals surface area contributed by atoms with E-state index in [9.17, 15) is 43.9 Å². The lowest BCUT2D eigenvalue weighted by Crippen LogP contribution is -2.39. The third-order valence-electron chi connectivity index (χ3n) is 7.38. The summed E-state index contributed by atoms with van der Waals surface area (Å²) in [6, 6.07) is 5.30. The van der Waals surface area contributed by atoms with Gasteiger partial charge in [0.2, 0.25) is 23.4 Å². The number of hydrogen-bond donors (Lipinski definition) is 0. The number of pyridine rings is 2. The fourth-order valence-electron chi connectivity index (χ4n) is 4.88. The Hall–Kier alpha value is -5.78. The van der Waals surface area contributed by atoms with E-state index < -0.39 is 54.8 Å². The van der Waals surface area contributed by atoms with Crippen LogP contribution in [0.4, 0.5) is 43.9 Å². The second-order valence-electron chi connectivity index (χ2n) is 12.7. The van der Waals surface area contributed by atoms with Crippen LogP contribution in [-0.2, 0) is 21.7 Å². The van der Waals surface area contributed by atoms with Crippen molar-refractivity contribution in [3.05, 3.63) is 73.1 Å². The summed E-state index contributed by atoms with van der Waals surface area (Å²) >= 11 is 0. The molecular formula is C36H38F10N10O4. The molecule has 0 unspecified atom stereocenters. The molecule has 0 bridgehead atoms. The summed E-state index contributed by atoms with van der Waals surface area (Å²) in [6.07, 6.45) is -9.67. The van der Waals surface area contributed by atoms with Gasteiger partial charge >= 0.3 is 24.6 Å². The summed E-state index contributed by atoms with van der Waals surface area (Å²) in [6.45, 7) is 7.92. The Bertz CT molecular complexity index is 2270. The molecule has 6 rings (SSSR count). The first-order chi connectivity index (χ1) is 28.1. The van der Waals surface area contributed by atoms with Gasteiger partial charge in [-0.05, 0) is 31.9 Å². The summed E-state index contributed by atoms with van der Waals surface area (Å²) in [5.74, 6) is -2.70. The van der Waals surface area contributed by atoms with Crippen LogP contribution in [0.1, 0.15) is 59.6 Å². The molecule has 0 amide bonds. The van der Waals surface area contributed by atoms with Gasteiger partial charge in [0.05, 0.1) is 37.0 Å². The van der Waals surface area contributed by atoms with Crippen molar-refractivity contribution in [2.75, 3.05) is 19.8 Å². The SMILES string of the molecule is CCC.CCOC(F)(F)c1nnc2cnc(-c3ccc(OCC(F)(F)F)nc3)cn12.CCOC(F)(F)c1nnc2cnc(-c3ccc(O[C@@H](C(C)C)C(F)(F)F)nc3)cn12. The topological polar surface area (TPSA) is 149 Å². The van der Waals surface area contributed by atoms with Crippen LogP contribution in [0, 0.1) is 5.92 Å². The van der Waals surface area contributed by atoms with E-state index in [1.54, 1.807) is 0 Å². The number of hydrogen-bond acceptors (Lipinski definition) is 12. The highest BCUT2D eigenvalue weighted by molar-refractivity contribution is 5.60. The molecule has 0 N–H and O–H groups in total. The third kappa shape index (κ3) is 12.1. The lowest BCUT2D eigenvalue weighted by atomic mass is 10.1. The first-order valence-electron chi connectivity index (χ1n) is 18.0. The number of rotatable bonds is 13. The molecule has 0 aromatic carbocycles. The zero-order valence-corrected chi connectivity index (χ0v) is 32.6. The van der Waals surface area contributed by atoms with Gasteiger partial charge in [0.15, 0.2) is 24.0 Å². The molecule has 24 heteroatoms. The van der Waals surface area contributed by atoms with Crippen molar-refractivity contribution < 1.29 is 62.9 Å². The molecule has 6 aromatic heterocycles. The minimum atomic E-state index is -4.54. The predicted molar refractivity (Wildman–Crippen MR) is 192 cm³/mol. The Kier molecular flexibility index (Phi) is 15.3. The molecule has 1 atom stereocenters. The summed E-state index contributed by atoms with van der Waals surface area (Å²) in [4.78, 5) is 15.8. The van der Waals surface area contributed by atoms with Crippen LogP contribution in [0.3, 0.4) is 0 Å². The van der Waals surface area contributed by atoms with Crippen LogP contribution in [0.15, 0.2) is 61.4 Å². The standard InChI is InChI=1S/C18H18F5N5O2.C15H12F5N5O2.C3H8/c1-4-29-18(22,23)16-27-26-13-8-24-12(9-28(13)16)11-5-6-14(25-7-11)30-15(10(2)3)17(19,20)21;1-2-27-15(19,20)13-24-23-11-6-21-10(7-25(11)13)9-3-4-12(22-5-9)26-8-14(16,17)18;1-3-2/h5-10,15H,4H2,1-3H3;3-7H,2,8H2,1H3;3H2,1-2H3/t15-;;/m0../s1. The van der Waals surface area contributed by atoms with Crippen LogP contribution in [0.25, 0.3) is 33.8 Å². The average Bonchev–Trinajstić information content (AvgIpc) is 3.81. The second kappa shape index (κ2) is 19.5. The summed E-state index contributed by atoms with van der Waals surface area (Å²) in [7, 11) is 0. The Labute approximate surface area is 334 Å². The number of fused-ring (bicyclic) bond motifs is 2. The second-order valence-corrected chi connectivity index (χ2v) is 12.7. The highest BCUT2D eigenvalue weighted by Crippen LogP contribution is 2.32. The highest BCUT2D eigenvalue weighted by Gasteiger charge is 2.44. The smallest absolute Gasteiger partial charge is 0.425 e. The maximum Gasteiger partial charge on any atom is 0.425 e. The molecule has 0 saturated heterocycles. The van der Waals surface area contributed by atoms with Gasteiger partial charge in [-0.1, -0.05) is 34.1 Å². The number of nitrogens with zero attached hydrogens (tertiary/aromatic N) is 10. The van der Waals surface area contributed by atoms with Gasteiger partial charge in [0.1, 0.15) is 0 Å². The van der Waals surface area contributed by atoms with Gasteiger partial charge in [-0.15, -0.1) is 20.4 Å². The van der Waals surface area contributed by atoms with E-state index in [4.69, 9.17) is 4.74 Å². The normalized spacial score (nSPS) is 12.8. The van der Waals surface area contributed by atoms with E-state index in [0.717, 1.165) is 8.80 Å². The summed E-state index contributed by atoms with van der Waals surface area (Å²) in [5, 5.41) is 14.1. The Balaban J connectivity index is 0.000000250. The van der Waals surface area contributed by atoms with Crippen molar-refractivity contribution in [3.8, 4) is 34.3 Å². The van der Waals surface area contributed by atoms with Crippen LogP contribution < -0.4 is 9.47 Å². The molecule has 0 radical (unpaired) electrons. The summed E-state index contributed by atoms with van der Waals surface area (Å²) < 4.78 is 152. The van der Waals surface area contributed by atoms with Crippen LogP contribution >= 0.6 is 0 Å². The number of alkyl halides is 10. The van der Waals surface area contributed by atoms with Crippen LogP contribution in [-0.4, -0.2) is 87.4 Å². The molecule has 14 nitrogen and oxygen atoms in total. The molecule has 0 fully saturated rings. The van der Waals surface area contributed by atoms with Gasteiger partial charge in [0.25, 0.3) is 0 Å². The minimum Gasteiger partial charge on any atom is -0.468 e. The predicted octanol–water partition coefficient (Wildman–Crippen LogP) is 8.87. The number of aromatic nitrogens is 10. The van der Waals surface area contributed by atoms with Gasteiger partial charge in [-0.2, -0.15) is 43.9 Å². The van der Waals surface area contributed by atoms with E-state index >= 15 is 0 Å². The molecule has 0 aliphatic heterocycles. The zero-order chi connectivity index (χ0) is 44.5. The number of halogens is 10. The molecule has 0 aliphatic rings. The van der Waals surface area contributed by atoms with Crippen molar-refractivity contribution in [1.29, 1.82) is 0 Å². The third-order valence-corrected chi connectivity index (χ3v) is 7.38. The fourth-order valence-corrected chi connectivity index (χ4v) is 4.88. The average molecular weight is 865 g/mol. The lowest BCUT2D eigenvalue weighted by Gasteiger charge is -2.24. The maximum absolute atomic E-state index is 14.1. The van der Waals surface area contributed by atoms with Gasteiger partial charge in [-0.3, -0.25) is 18.8 Å². The first kappa shape index (κ1) is 46.9. The van der Waals surface area contributed by atoms with Crippen molar-refractivity contribution in [2.24, 2.45) is 5.92 Å². The van der Waals surface area contributed by atoms with E-state index in [1.165, 1.54) is 95.6 Å². The van der Waals surface area contributed by atoms with Gasteiger partial charge in [0, 0.05) is 48.0 Å². The van der Waals surface area contributed by atoms with Crippen molar-refractivity contribution in [3.63, 3.8) is 0 Å². The van der Waals surface area contributed by atoms with E-state index in [1.807, 2.05) is 0 Å². The molecule has 6 aromatic rings. The Morgan fingerprint density at radius 1 is 0.583 bits per heavy atom. The van der Waals surface area contributed by atoms with Crippen LogP contribution in [0.5, 0.6) is 11.8 Å². The molecule has 60 heavy (non-hydrogen) atoms. The fraction of sp³-hybridized carbons (Fsp3) is 0.444. The van der Waals surface area contributed by atoms with Crippen molar-refractivity contribution >= 4 is 11.3 Å². The molecule has 0 spiro atoms. The Morgan fingerprint density at radius 3 is 1.37 bits per heavy atom. The Morgan fingerprint density at radius 2 is 1.02 bits per heavy atom. The van der Waals surface area contributed by atoms with E-state index in [-0.39, 0.29) is 47.7 Å². The quantitative estimate of drug-likeness (QED) is 0.102. The van der Waals surface area contributed by atoms with Crippen LogP contribution in [0.2, 0.25) is 0 Å². The molecule has 6 heterocycles.